The largest absolute Gasteiger partial charge is 0.478 e. The van der Waals surface area contributed by atoms with Gasteiger partial charge in [-0.3, -0.25) is 0 Å². The molecule has 12 heavy (non-hydrogen) atoms. The van der Waals surface area contributed by atoms with E-state index in [1.54, 1.807) is 12.1 Å². The Hall–Kier alpha value is -0.960. The average Bonchev–Trinajstić information content (AvgIpc) is 1.99. The first kappa shape index (κ1) is 9.13. The van der Waals surface area contributed by atoms with E-state index in [1.165, 1.54) is 0 Å². The van der Waals surface area contributed by atoms with E-state index >= 15 is 0 Å². The summed E-state index contributed by atoms with van der Waals surface area (Å²) in [6, 6.07) is 3.25. The maximum atomic E-state index is 10.6. The lowest BCUT2D eigenvalue weighted by molar-refractivity contribution is 0.0696. The third-order valence-electron chi connectivity index (χ3n) is 1.74. The molecule has 0 aliphatic heterocycles. The molecule has 0 amide bonds. The van der Waals surface area contributed by atoms with Gasteiger partial charge in [0, 0.05) is 4.90 Å². The average molecular weight is 182 g/mol. The topological polar surface area (TPSA) is 37.3 Å². The number of hydrogen-bond donors (Lipinski definition) is 2. The number of rotatable bonds is 1. The maximum absolute atomic E-state index is 10.6. The molecule has 0 unspecified atom stereocenters. The molecule has 0 bridgehead atoms. The fraction of sp³-hybridized carbons (Fsp3) is 0.222. The second-order valence-electron chi connectivity index (χ2n) is 2.76. The van der Waals surface area contributed by atoms with Crippen molar-refractivity contribution in [1.29, 1.82) is 0 Å². The Morgan fingerprint density at radius 2 is 1.75 bits per heavy atom. The highest BCUT2D eigenvalue weighted by atomic mass is 32.1. The van der Waals surface area contributed by atoms with Crippen LogP contribution in [0, 0.1) is 13.8 Å². The van der Waals surface area contributed by atoms with Crippen LogP contribution in [0.15, 0.2) is 17.0 Å². The monoisotopic (exact) mass is 182 g/mol. The van der Waals surface area contributed by atoms with Gasteiger partial charge in [0.1, 0.15) is 0 Å². The lowest BCUT2D eigenvalue weighted by Gasteiger charge is -2.04. The highest BCUT2D eigenvalue weighted by Gasteiger charge is 2.06. The Kier molecular flexibility index (Phi) is 2.43. The van der Waals surface area contributed by atoms with Crippen LogP contribution >= 0.6 is 12.6 Å². The Bertz CT molecular complexity index is 308. The van der Waals surface area contributed by atoms with Gasteiger partial charge in [-0.1, -0.05) is 0 Å². The maximum Gasteiger partial charge on any atom is 0.335 e. The molecule has 0 radical (unpaired) electrons. The summed E-state index contributed by atoms with van der Waals surface area (Å²) in [5.74, 6) is -0.894. The van der Waals surface area contributed by atoms with Crippen LogP contribution in [0.4, 0.5) is 0 Å². The molecule has 2 nitrogen and oxygen atoms in total. The summed E-state index contributed by atoms with van der Waals surface area (Å²) in [4.78, 5) is 11.5. The Morgan fingerprint density at radius 1 is 1.33 bits per heavy atom. The van der Waals surface area contributed by atoms with E-state index in [-0.39, 0.29) is 0 Å². The quantitative estimate of drug-likeness (QED) is 0.654. The minimum Gasteiger partial charge on any atom is -0.478 e. The normalized spacial score (nSPS) is 9.92. The van der Waals surface area contributed by atoms with Gasteiger partial charge >= 0.3 is 5.97 Å². The van der Waals surface area contributed by atoms with Crippen LogP contribution in [-0.2, 0) is 0 Å². The van der Waals surface area contributed by atoms with E-state index in [0.29, 0.717) is 5.56 Å². The van der Waals surface area contributed by atoms with Crippen molar-refractivity contribution in [3.05, 3.63) is 28.8 Å². The van der Waals surface area contributed by atoms with E-state index in [0.717, 1.165) is 16.0 Å². The van der Waals surface area contributed by atoms with Crippen molar-refractivity contribution in [1.82, 2.24) is 0 Å². The highest BCUT2D eigenvalue weighted by molar-refractivity contribution is 7.80. The molecule has 3 heteroatoms. The van der Waals surface area contributed by atoms with Crippen LogP contribution in [0.25, 0.3) is 0 Å². The van der Waals surface area contributed by atoms with Gasteiger partial charge < -0.3 is 5.11 Å². The predicted molar refractivity (Wildman–Crippen MR) is 50.1 cm³/mol. The van der Waals surface area contributed by atoms with Gasteiger partial charge in [0.2, 0.25) is 0 Å². The molecule has 1 aromatic rings. The van der Waals surface area contributed by atoms with Gasteiger partial charge in [0.05, 0.1) is 5.56 Å². The number of carbonyl (C=O) groups is 1. The summed E-state index contributed by atoms with van der Waals surface area (Å²) in [7, 11) is 0. The summed E-state index contributed by atoms with van der Waals surface area (Å²) in [6.45, 7) is 3.70. The Labute approximate surface area is 76.6 Å². The fourth-order valence-corrected chi connectivity index (χ4v) is 1.21. The summed E-state index contributed by atoms with van der Waals surface area (Å²) < 4.78 is 0. The number of aromatic carboxylic acids is 1. The Balaban J connectivity index is 3.31. The minimum absolute atomic E-state index is 0.322. The smallest absolute Gasteiger partial charge is 0.335 e. The fourth-order valence-electron chi connectivity index (χ4n) is 1.08. The van der Waals surface area contributed by atoms with Crippen LogP contribution in [-0.4, -0.2) is 11.1 Å². The van der Waals surface area contributed by atoms with E-state index in [2.05, 4.69) is 12.6 Å². The molecule has 0 saturated carbocycles. The van der Waals surface area contributed by atoms with E-state index < -0.39 is 5.97 Å². The molecule has 1 rings (SSSR count). The zero-order valence-corrected chi connectivity index (χ0v) is 7.85. The first-order valence-electron chi connectivity index (χ1n) is 3.56. The van der Waals surface area contributed by atoms with Crippen molar-refractivity contribution in [3.8, 4) is 0 Å². The van der Waals surface area contributed by atoms with Crippen LogP contribution in [0.1, 0.15) is 21.5 Å². The minimum atomic E-state index is -0.894. The lowest BCUT2D eigenvalue weighted by Crippen LogP contribution is -1.98. The molecule has 0 fully saturated rings. The van der Waals surface area contributed by atoms with Crippen LogP contribution < -0.4 is 0 Å². The van der Waals surface area contributed by atoms with Gasteiger partial charge in [0.25, 0.3) is 0 Å². The van der Waals surface area contributed by atoms with Crippen molar-refractivity contribution in [2.75, 3.05) is 0 Å². The molecular weight excluding hydrogens is 172 g/mol. The van der Waals surface area contributed by atoms with Crippen molar-refractivity contribution in [2.24, 2.45) is 0 Å². The van der Waals surface area contributed by atoms with E-state index in [9.17, 15) is 4.79 Å². The second-order valence-corrected chi connectivity index (χ2v) is 3.21. The first-order valence-corrected chi connectivity index (χ1v) is 4.00. The van der Waals surface area contributed by atoms with Crippen molar-refractivity contribution < 1.29 is 9.90 Å². The van der Waals surface area contributed by atoms with Gasteiger partial charge in [-0.2, -0.15) is 0 Å². The van der Waals surface area contributed by atoms with Crippen molar-refractivity contribution in [3.63, 3.8) is 0 Å². The standard InChI is InChI=1S/C9H10O2S/c1-5-3-7(9(10)11)4-6(2)8(5)12/h3-4,12H,1-2H3,(H,10,11). The number of aryl methyl sites for hydroxylation is 2. The number of thiol groups is 1. The van der Waals surface area contributed by atoms with Crippen LogP contribution in [0.2, 0.25) is 0 Å². The zero-order chi connectivity index (χ0) is 9.30. The summed E-state index contributed by atoms with van der Waals surface area (Å²) in [5, 5.41) is 8.70. The predicted octanol–water partition coefficient (Wildman–Crippen LogP) is 2.29. The third kappa shape index (κ3) is 1.61. The van der Waals surface area contributed by atoms with Gasteiger partial charge in [-0.15, -0.1) is 12.6 Å². The first-order chi connectivity index (χ1) is 5.52. The molecule has 0 atom stereocenters. The molecular formula is C9H10O2S. The van der Waals surface area contributed by atoms with Crippen LogP contribution in [0.3, 0.4) is 0 Å². The summed E-state index contributed by atoms with van der Waals surface area (Å²) in [5.41, 5.74) is 2.12. The van der Waals surface area contributed by atoms with Crippen molar-refractivity contribution in [2.45, 2.75) is 18.7 Å². The SMILES string of the molecule is Cc1cc(C(=O)O)cc(C)c1S. The Morgan fingerprint density at radius 3 is 2.08 bits per heavy atom. The second kappa shape index (κ2) is 3.19. The molecule has 0 aliphatic carbocycles. The zero-order valence-electron chi connectivity index (χ0n) is 6.96. The van der Waals surface area contributed by atoms with Gasteiger partial charge in [-0.25, -0.2) is 4.79 Å². The molecule has 1 N–H and O–H groups in total. The van der Waals surface area contributed by atoms with Gasteiger partial charge in [0.15, 0.2) is 0 Å². The summed E-state index contributed by atoms with van der Waals surface area (Å²) in [6.07, 6.45) is 0. The number of carboxylic acid groups (broad SMARTS) is 1. The molecule has 0 heterocycles. The van der Waals surface area contributed by atoms with E-state index in [1.807, 2.05) is 13.8 Å². The highest BCUT2D eigenvalue weighted by Crippen LogP contribution is 2.19. The van der Waals surface area contributed by atoms with Crippen LogP contribution in [0.5, 0.6) is 0 Å². The molecule has 0 saturated heterocycles. The molecule has 1 aromatic carbocycles. The van der Waals surface area contributed by atoms with E-state index in [4.69, 9.17) is 5.11 Å². The molecule has 0 spiro atoms. The summed E-state index contributed by atoms with van der Waals surface area (Å²) >= 11 is 4.23. The number of benzene rings is 1. The molecule has 0 aromatic heterocycles. The molecule has 0 aliphatic rings. The lowest BCUT2D eigenvalue weighted by atomic mass is 10.1. The van der Waals surface area contributed by atoms with Crippen molar-refractivity contribution >= 4 is 18.6 Å². The molecule has 64 valence electrons. The van der Waals surface area contributed by atoms with Gasteiger partial charge in [-0.05, 0) is 37.1 Å². The number of carboxylic acids is 1. The third-order valence-corrected chi connectivity index (χ3v) is 2.44. The number of hydrogen-bond acceptors (Lipinski definition) is 2.